The minimum absolute atomic E-state index is 0.0176. The van der Waals surface area contributed by atoms with Crippen LogP contribution < -0.4 is 16.0 Å². The van der Waals surface area contributed by atoms with Gasteiger partial charge in [0.1, 0.15) is 12.4 Å². The molecule has 3 N–H and O–H groups in total. The second kappa shape index (κ2) is 10.8. The second-order valence-corrected chi connectivity index (χ2v) is 10.1. The number of alkyl halides is 3. The Morgan fingerprint density at radius 3 is 2.61 bits per heavy atom. The molecule has 0 spiro atoms. The average molecular weight is 558 g/mol. The SMILES string of the molecule is CN(C)C(=O)C1CCN(c2ncnc(N)c2F)C[C@H]1N1CCC[C@@H](Nc2cc(Cl)cc(C(F)(F)F)c2)C1=O. The minimum atomic E-state index is -4.60. The van der Waals surface area contributed by atoms with E-state index in [9.17, 15) is 27.2 Å². The van der Waals surface area contributed by atoms with Crippen molar-refractivity contribution in [2.45, 2.75) is 37.5 Å². The van der Waals surface area contributed by atoms with Crippen LogP contribution in [0.25, 0.3) is 0 Å². The van der Waals surface area contributed by atoms with Gasteiger partial charge in [-0.1, -0.05) is 11.6 Å². The monoisotopic (exact) mass is 557 g/mol. The van der Waals surface area contributed by atoms with E-state index in [0.29, 0.717) is 32.4 Å². The molecule has 2 amide bonds. The summed E-state index contributed by atoms with van der Waals surface area (Å²) in [6.45, 7) is 0.760. The van der Waals surface area contributed by atoms with Gasteiger partial charge in [-0.2, -0.15) is 17.6 Å². The summed E-state index contributed by atoms with van der Waals surface area (Å²) in [5, 5.41) is 2.78. The molecule has 9 nitrogen and oxygen atoms in total. The van der Waals surface area contributed by atoms with Gasteiger partial charge in [-0.3, -0.25) is 9.59 Å². The number of nitrogens with zero attached hydrogens (tertiary/aromatic N) is 5. The Morgan fingerprint density at radius 1 is 1.18 bits per heavy atom. The number of nitrogens with one attached hydrogen (secondary N) is 1. The van der Waals surface area contributed by atoms with Gasteiger partial charge in [-0.05, 0) is 37.5 Å². The molecule has 38 heavy (non-hydrogen) atoms. The lowest BCUT2D eigenvalue weighted by atomic mass is 9.87. The maximum Gasteiger partial charge on any atom is 0.416 e. The number of carbonyl (C=O) groups is 2. The summed E-state index contributed by atoms with van der Waals surface area (Å²) < 4.78 is 54.5. The third-order valence-electron chi connectivity index (χ3n) is 6.88. The largest absolute Gasteiger partial charge is 0.416 e. The first-order chi connectivity index (χ1) is 17.9. The Labute approximate surface area is 221 Å². The van der Waals surface area contributed by atoms with Gasteiger partial charge in [-0.25, -0.2) is 9.97 Å². The molecule has 2 aromatic rings. The lowest BCUT2D eigenvalue weighted by molar-refractivity contribution is -0.143. The number of rotatable bonds is 5. The zero-order chi connectivity index (χ0) is 27.8. The van der Waals surface area contributed by atoms with Crippen molar-refractivity contribution in [1.82, 2.24) is 19.8 Å². The van der Waals surface area contributed by atoms with Crippen LogP contribution in [0.2, 0.25) is 5.02 Å². The number of nitrogen functional groups attached to an aromatic ring is 1. The number of halogens is 5. The molecule has 0 bridgehead atoms. The van der Waals surface area contributed by atoms with E-state index in [0.717, 1.165) is 18.5 Å². The molecule has 0 radical (unpaired) electrons. The van der Waals surface area contributed by atoms with Gasteiger partial charge in [0.15, 0.2) is 11.6 Å². The van der Waals surface area contributed by atoms with Crippen molar-refractivity contribution in [3.8, 4) is 0 Å². The van der Waals surface area contributed by atoms with Crippen LogP contribution >= 0.6 is 11.6 Å². The van der Waals surface area contributed by atoms with Gasteiger partial charge in [0.05, 0.1) is 17.5 Å². The normalized spacial score (nSPS) is 22.4. The number of hydrogen-bond acceptors (Lipinski definition) is 7. The molecule has 0 aliphatic carbocycles. The van der Waals surface area contributed by atoms with Crippen LogP contribution in [-0.4, -0.2) is 77.4 Å². The molecule has 2 aliphatic rings. The number of carbonyl (C=O) groups excluding carboxylic acids is 2. The zero-order valence-corrected chi connectivity index (χ0v) is 21.6. The van der Waals surface area contributed by atoms with Crippen molar-refractivity contribution in [3.05, 3.63) is 40.9 Å². The number of nitrogens with two attached hydrogens (primary N) is 1. The van der Waals surface area contributed by atoms with Crippen LogP contribution in [-0.2, 0) is 15.8 Å². The molecule has 2 fully saturated rings. The first-order valence-corrected chi connectivity index (χ1v) is 12.4. The fourth-order valence-electron chi connectivity index (χ4n) is 5.05. The highest BCUT2D eigenvalue weighted by molar-refractivity contribution is 6.31. The van der Waals surface area contributed by atoms with Crippen molar-refractivity contribution in [2.24, 2.45) is 5.92 Å². The Hall–Kier alpha value is -3.35. The van der Waals surface area contributed by atoms with Crippen molar-refractivity contribution >= 4 is 40.7 Å². The maximum absolute atomic E-state index is 14.7. The van der Waals surface area contributed by atoms with E-state index in [4.69, 9.17) is 17.3 Å². The molecule has 1 aromatic heterocycles. The van der Waals surface area contributed by atoms with Gasteiger partial charge in [0.25, 0.3) is 0 Å². The van der Waals surface area contributed by atoms with E-state index >= 15 is 0 Å². The van der Waals surface area contributed by atoms with E-state index < -0.39 is 35.6 Å². The van der Waals surface area contributed by atoms with Gasteiger partial charge in [0, 0.05) is 44.4 Å². The molecule has 4 rings (SSSR count). The first-order valence-electron chi connectivity index (χ1n) is 12.0. The van der Waals surface area contributed by atoms with Crippen molar-refractivity contribution in [2.75, 3.05) is 49.7 Å². The standard InChI is InChI=1S/C24H28ClF4N7O2/c1-34(2)22(37)16-5-7-35(21-19(26)20(30)31-12-32-21)11-18(16)36-6-3-4-17(23(36)38)33-15-9-13(24(27,28)29)8-14(25)10-15/h8-10,12,16-18,33H,3-7,11H2,1-2H3,(H2,30,31,32)/t16?,17-,18-/m1/s1. The van der Waals surface area contributed by atoms with Crippen LogP contribution in [0.4, 0.5) is 34.9 Å². The third-order valence-corrected chi connectivity index (χ3v) is 7.10. The van der Waals surface area contributed by atoms with E-state index in [-0.39, 0.29) is 40.7 Å². The number of aromatic nitrogens is 2. The molecule has 2 aliphatic heterocycles. The number of hydrogen-bond donors (Lipinski definition) is 2. The van der Waals surface area contributed by atoms with Crippen LogP contribution in [0.5, 0.6) is 0 Å². The number of piperidine rings is 2. The molecule has 206 valence electrons. The van der Waals surface area contributed by atoms with Gasteiger partial charge in [0.2, 0.25) is 17.6 Å². The minimum Gasteiger partial charge on any atom is -0.381 e. The number of benzene rings is 1. The lowest BCUT2D eigenvalue weighted by Crippen LogP contribution is -2.62. The number of likely N-dealkylation sites (tertiary alicyclic amines) is 1. The van der Waals surface area contributed by atoms with E-state index in [1.807, 2.05) is 0 Å². The summed E-state index contributed by atoms with van der Waals surface area (Å²) in [4.78, 5) is 39.0. The molecule has 3 heterocycles. The topological polar surface area (TPSA) is 108 Å². The Kier molecular flexibility index (Phi) is 7.86. The molecule has 3 atom stereocenters. The maximum atomic E-state index is 14.7. The summed E-state index contributed by atoms with van der Waals surface area (Å²) in [5.41, 5.74) is 4.75. The van der Waals surface area contributed by atoms with Crippen molar-refractivity contribution < 1.29 is 27.2 Å². The Morgan fingerprint density at radius 2 is 1.92 bits per heavy atom. The summed E-state index contributed by atoms with van der Waals surface area (Å²) in [7, 11) is 3.24. The summed E-state index contributed by atoms with van der Waals surface area (Å²) in [5.74, 6) is -2.21. The Balaban J connectivity index is 1.61. The fraction of sp³-hybridized carbons (Fsp3) is 0.500. The van der Waals surface area contributed by atoms with Gasteiger partial charge in [-0.15, -0.1) is 0 Å². The fourth-order valence-corrected chi connectivity index (χ4v) is 5.29. The molecule has 1 aromatic carbocycles. The second-order valence-electron chi connectivity index (χ2n) is 9.63. The highest BCUT2D eigenvalue weighted by atomic mass is 35.5. The average Bonchev–Trinajstić information content (AvgIpc) is 2.85. The lowest BCUT2D eigenvalue weighted by Gasteiger charge is -2.47. The zero-order valence-electron chi connectivity index (χ0n) is 20.8. The first kappa shape index (κ1) is 27.7. The summed E-state index contributed by atoms with van der Waals surface area (Å²) in [6, 6.07) is 1.58. The van der Waals surface area contributed by atoms with Crippen LogP contribution in [0.1, 0.15) is 24.8 Å². The predicted octanol–water partition coefficient (Wildman–Crippen LogP) is 3.26. The highest BCUT2D eigenvalue weighted by Gasteiger charge is 2.44. The number of amides is 2. The van der Waals surface area contributed by atoms with Gasteiger partial charge >= 0.3 is 6.18 Å². The molecular formula is C24H28ClF4N7O2. The third kappa shape index (κ3) is 5.71. The van der Waals surface area contributed by atoms with Crippen LogP contribution in [0.3, 0.4) is 0 Å². The molecule has 2 saturated heterocycles. The molecular weight excluding hydrogens is 530 g/mol. The quantitative estimate of drug-likeness (QED) is 0.543. The highest BCUT2D eigenvalue weighted by Crippen LogP contribution is 2.35. The predicted molar refractivity (Wildman–Crippen MR) is 134 cm³/mol. The van der Waals surface area contributed by atoms with Gasteiger partial charge < -0.3 is 25.8 Å². The molecule has 1 unspecified atom stereocenters. The van der Waals surface area contributed by atoms with Crippen molar-refractivity contribution in [3.63, 3.8) is 0 Å². The Bertz CT molecular complexity index is 1210. The summed E-state index contributed by atoms with van der Waals surface area (Å²) >= 11 is 5.91. The van der Waals surface area contributed by atoms with E-state index in [1.54, 1.807) is 23.9 Å². The summed E-state index contributed by atoms with van der Waals surface area (Å²) in [6.07, 6.45) is -2.20. The smallest absolute Gasteiger partial charge is 0.381 e. The van der Waals surface area contributed by atoms with E-state index in [2.05, 4.69) is 15.3 Å². The van der Waals surface area contributed by atoms with Crippen LogP contribution in [0.15, 0.2) is 24.5 Å². The van der Waals surface area contributed by atoms with Crippen LogP contribution in [0, 0.1) is 11.7 Å². The van der Waals surface area contributed by atoms with Crippen molar-refractivity contribution in [1.29, 1.82) is 0 Å². The number of anilines is 3. The van der Waals surface area contributed by atoms with E-state index in [1.165, 1.54) is 11.0 Å². The molecule has 0 saturated carbocycles. The molecule has 14 heteroatoms.